The van der Waals surface area contributed by atoms with Gasteiger partial charge in [0.1, 0.15) is 0 Å². The molecule has 0 N–H and O–H groups in total. The highest BCUT2D eigenvalue weighted by atomic mass is 127. The van der Waals surface area contributed by atoms with E-state index in [2.05, 4.69) is 62.3 Å². The molecule has 0 radical (unpaired) electrons. The van der Waals surface area contributed by atoms with E-state index in [1.165, 1.54) is 3.58 Å². The summed E-state index contributed by atoms with van der Waals surface area (Å²) in [7, 11) is 0. The summed E-state index contributed by atoms with van der Waals surface area (Å²) in [4.78, 5) is 0. The van der Waals surface area contributed by atoms with Crippen LogP contribution in [0.1, 0.15) is 34.1 Å². The molecule has 0 unspecified atom stereocenters. The number of allylic oxidation sites excluding steroid dienone is 2. The van der Waals surface area contributed by atoms with Crippen molar-refractivity contribution < 1.29 is 0 Å². The van der Waals surface area contributed by atoms with Gasteiger partial charge in [-0.1, -0.05) is 33.3 Å². The molecule has 0 aliphatic carbocycles. The maximum absolute atomic E-state index is 5.44. The van der Waals surface area contributed by atoms with E-state index in [9.17, 15) is 0 Å². The van der Waals surface area contributed by atoms with Gasteiger partial charge in [-0.2, -0.15) is 0 Å². The van der Waals surface area contributed by atoms with Crippen molar-refractivity contribution in [1.29, 1.82) is 0 Å². The lowest BCUT2D eigenvalue weighted by Crippen LogP contribution is -2.16. The van der Waals surface area contributed by atoms with Crippen molar-refractivity contribution in [2.24, 2.45) is 17.8 Å². The minimum Gasteiger partial charge on any atom is -0.120 e. The zero-order valence-electron chi connectivity index (χ0n) is 8.97. The Morgan fingerprint density at radius 3 is 2.38 bits per heavy atom. The quantitative estimate of drug-likeness (QED) is 0.536. The Morgan fingerprint density at radius 2 is 2.08 bits per heavy atom. The van der Waals surface area contributed by atoms with E-state index in [1.807, 2.05) is 0 Å². The summed E-state index contributed by atoms with van der Waals surface area (Å²) in [5.74, 6) is 4.43. The van der Waals surface area contributed by atoms with Gasteiger partial charge in [0.25, 0.3) is 0 Å². The molecule has 1 heteroatoms. The van der Waals surface area contributed by atoms with Crippen molar-refractivity contribution in [3.63, 3.8) is 0 Å². The van der Waals surface area contributed by atoms with E-state index in [0.717, 1.165) is 6.42 Å². The molecular formula is C12H19I. The number of halogens is 1. The predicted octanol–water partition coefficient (Wildman–Crippen LogP) is 4.26. The van der Waals surface area contributed by atoms with Crippen molar-refractivity contribution >= 4 is 22.6 Å². The molecule has 0 aliphatic rings. The van der Waals surface area contributed by atoms with Crippen LogP contribution >= 0.6 is 22.6 Å². The lowest BCUT2D eigenvalue weighted by molar-refractivity contribution is 0.337. The highest BCUT2D eigenvalue weighted by Crippen LogP contribution is 2.26. The first-order valence-electron chi connectivity index (χ1n) is 4.83. The van der Waals surface area contributed by atoms with Gasteiger partial charge in [0.2, 0.25) is 0 Å². The second-order valence-electron chi connectivity index (χ2n) is 3.64. The van der Waals surface area contributed by atoms with Gasteiger partial charge in [-0.25, -0.2) is 0 Å². The van der Waals surface area contributed by atoms with Crippen LogP contribution in [-0.4, -0.2) is 0 Å². The van der Waals surface area contributed by atoms with Crippen LogP contribution in [0.2, 0.25) is 0 Å². The second-order valence-corrected chi connectivity index (χ2v) is 5.34. The molecule has 0 spiro atoms. The summed E-state index contributed by atoms with van der Waals surface area (Å²) >= 11 is 2.35. The molecule has 3 atom stereocenters. The van der Waals surface area contributed by atoms with Crippen molar-refractivity contribution in [3.8, 4) is 12.3 Å². The molecule has 0 aromatic rings. The van der Waals surface area contributed by atoms with E-state index >= 15 is 0 Å². The minimum absolute atomic E-state index is 0.381. The molecule has 0 bridgehead atoms. The molecule has 0 aromatic heterocycles. The molecule has 0 aromatic carbocycles. The Morgan fingerprint density at radius 1 is 1.54 bits per heavy atom. The van der Waals surface area contributed by atoms with Gasteiger partial charge in [-0.15, -0.1) is 12.3 Å². The van der Waals surface area contributed by atoms with Crippen molar-refractivity contribution in [2.45, 2.75) is 34.1 Å². The molecule has 0 saturated carbocycles. The van der Waals surface area contributed by atoms with Crippen molar-refractivity contribution in [2.75, 3.05) is 0 Å². The fraction of sp³-hybridized carbons (Fsp3) is 0.667. The SMILES string of the molecule is C#C[C@H](C)[C@H](CC)[C@@H](C)/C=C(/C)I. The zero-order valence-corrected chi connectivity index (χ0v) is 11.1. The minimum atomic E-state index is 0.381. The molecule has 0 aliphatic heterocycles. The zero-order chi connectivity index (χ0) is 10.4. The molecule has 0 nitrogen and oxygen atoms in total. The first-order chi connectivity index (χ1) is 6.02. The standard InChI is InChI=1S/C12H19I/c1-6-9(3)12(7-2)10(4)8-11(5)13/h1,8-10,12H,7H2,2-5H3/b11-8-/t9-,10-,12-/m0/s1. The first kappa shape index (κ1) is 13.0. The molecule has 13 heavy (non-hydrogen) atoms. The lowest BCUT2D eigenvalue weighted by Gasteiger charge is -2.23. The van der Waals surface area contributed by atoms with Crippen LogP contribution < -0.4 is 0 Å². The van der Waals surface area contributed by atoms with Crippen LogP contribution in [0, 0.1) is 30.1 Å². The maximum atomic E-state index is 5.44. The summed E-state index contributed by atoms with van der Waals surface area (Å²) in [5, 5.41) is 0. The largest absolute Gasteiger partial charge is 0.120 e. The molecule has 0 fully saturated rings. The van der Waals surface area contributed by atoms with Gasteiger partial charge in [-0.05, 0) is 44.9 Å². The Balaban J connectivity index is 4.42. The summed E-state index contributed by atoms with van der Waals surface area (Å²) < 4.78 is 1.35. The third-order valence-electron chi connectivity index (χ3n) is 2.54. The van der Waals surface area contributed by atoms with Gasteiger partial charge in [0, 0.05) is 5.92 Å². The maximum Gasteiger partial charge on any atom is 0.0205 e. The van der Waals surface area contributed by atoms with Crippen molar-refractivity contribution in [3.05, 3.63) is 9.66 Å². The van der Waals surface area contributed by atoms with E-state index in [-0.39, 0.29) is 0 Å². The van der Waals surface area contributed by atoms with E-state index in [1.54, 1.807) is 0 Å². The van der Waals surface area contributed by atoms with Crippen LogP contribution in [0.15, 0.2) is 9.66 Å². The fourth-order valence-corrected chi connectivity index (χ4v) is 2.36. The van der Waals surface area contributed by atoms with Crippen LogP contribution in [-0.2, 0) is 0 Å². The Kier molecular flexibility index (Phi) is 6.49. The van der Waals surface area contributed by atoms with Gasteiger partial charge < -0.3 is 0 Å². The summed E-state index contributed by atoms with van der Waals surface area (Å²) in [6.07, 6.45) is 8.91. The lowest BCUT2D eigenvalue weighted by atomic mass is 9.82. The average molecular weight is 290 g/mol. The highest BCUT2D eigenvalue weighted by molar-refractivity contribution is 14.1. The van der Waals surface area contributed by atoms with Crippen LogP contribution in [0.5, 0.6) is 0 Å². The van der Waals surface area contributed by atoms with E-state index in [4.69, 9.17) is 6.42 Å². The normalized spacial score (nSPS) is 18.9. The third-order valence-corrected chi connectivity index (χ3v) is 2.90. The molecule has 0 heterocycles. The smallest absolute Gasteiger partial charge is 0.0205 e. The highest BCUT2D eigenvalue weighted by Gasteiger charge is 2.18. The Labute approximate surface area is 96.3 Å². The van der Waals surface area contributed by atoms with Crippen LogP contribution in [0.3, 0.4) is 0 Å². The second kappa shape index (κ2) is 6.48. The summed E-state index contributed by atoms with van der Waals surface area (Å²) in [6, 6.07) is 0. The summed E-state index contributed by atoms with van der Waals surface area (Å²) in [6.45, 7) is 8.74. The fourth-order valence-electron chi connectivity index (χ4n) is 1.79. The number of hydrogen-bond donors (Lipinski definition) is 0. The average Bonchev–Trinajstić information content (AvgIpc) is 2.03. The van der Waals surface area contributed by atoms with Crippen LogP contribution in [0.4, 0.5) is 0 Å². The summed E-state index contributed by atoms with van der Waals surface area (Å²) in [5.41, 5.74) is 0. The van der Waals surface area contributed by atoms with Gasteiger partial charge in [0.15, 0.2) is 0 Å². The molecule has 0 saturated heterocycles. The number of hydrogen-bond acceptors (Lipinski definition) is 0. The Bertz CT molecular complexity index is 206. The first-order valence-corrected chi connectivity index (χ1v) is 5.90. The number of terminal acetylenes is 1. The van der Waals surface area contributed by atoms with E-state index in [0.29, 0.717) is 17.8 Å². The van der Waals surface area contributed by atoms with Gasteiger partial charge >= 0.3 is 0 Å². The van der Waals surface area contributed by atoms with Gasteiger partial charge in [0.05, 0.1) is 0 Å². The topological polar surface area (TPSA) is 0 Å². The number of rotatable bonds is 4. The van der Waals surface area contributed by atoms with Crippen LogP contribution in [0.25, 0.3) is 0 Å². The molecular weight excluding hydrogens is 271 g/mol. The predicted molar refractivity (Wildman–Crippen MR) is 68.7 cm³/mol. The van der Waals surface area contributed by atoms with Crippen molar-refractivity contribution in [1.82, 2.24) is 0 Å². The molecule has 0 rings (SSSR count). The Hall–Kier alpha value is 0.0300. The molecule has 74 valence electrons. The third kappa shape index (κ3) is 4.71. The monoisotopic (exact) mass is 290 g/mol. The van der Waals surface area contributed by atoms with Gasteiger partial charge in [-0.3, -0.25) is 0 Å². The molecule has 0 amide bonds. The van der Waals surface area contributed by atoms with E-state index < -0.39 is 0 Å².